The van der Waals surface area contributed by atoms with Crippen LogP contribution in [-0.4, -0.2) is 17.0 Å². The summed E-state index contributed by atoms with van der Waals surface area (Å²) in [6.07, 6.45) is 6.00. The number of hydrogen-bond donors (Lipinski definition) is 0. The Morgan fingerprint density at radius 2 is 1.33 bits per heavy atom. The zero-order valence-corrected chi connectivity index (χ0v) is 17.1. The average molecular weight is 341 g/mol. The van der Waals surface area contributed by atoms with Crippen molar-refractivity contribution >= 4 is 0 Å². The van der Waals surface area contributed by atoms with Gasteiger partial charge in [-0.1, -0.05) is 45.4 Å². The van der Waals surface area contributed by atoms with Crippen LogP contribution in [-0.2, 0) is 19.6 Å². The number of rotatable bonds is 6. The predicted molar refractivity (Wildman–Crippen MR) is 97.0 cm³/mol. The molecule has 0 aliphatic heterocycles. The topological polar surface area (TPSA) is 36.9 Å². The third-order valence-electron chi connectivity index (χ3n) is 3.59. The summed E-state index contributed by atoms with van der Waals surface area (Å²) in [5.41, 5.74) is 0.363. The molecule has 0 aromatic carbocycles. The van der Waals surface area contributed by atoms with E-state index in [1.165, 1.54) is 5.57 Å². The number of allylic oxidation sites excluding steroid dienone is 2. The lowest BCUT2D eigenvalue weighted by molar-refractivity contribution is -0.537. The van der Waals surface area contributed by atoms with Gasteiger partial charge in [-0.05, 0) is 59.5 Å². The molecule has 0 aromatic heterocycles. The minimum Gasteiger partial charge on any atom is -0.227 e. The summed E-state index contributed by atoms with van der Waals surface area (Å²) in [5.74, 6) is -0.454. The first-order valence-electron chi connectivity index (χ1n) is 8.90. The first kappa shape index (κ1) is 21.4. The third kappa shape index (κ3) is 5.99. The molecule has 4 nitrogen and oxygen atoms in total. The predicted octanol–water partition coefficient (Wildman–Crippen LogP) is 5.60. The largest absolute Gasteiger partial charge is 0.259 e. The molecule has 0 bridgehead atoms. The van der Waals surface area contributed by atoms with Gasteiger partial charge in [-0.25, -0.2) is 9.78 Å². The molecular formula is C20H36O4. The fourth-order valence-corrected chi connectivity index (χ4v) is 2.69. The monoisotopic (exact) mass is 340 g/mol. The van der Waals surface area contributed by atoms with Crippen molar-refractivity contribution < 1.29 is 19.6 Å². The van der Waals surface area contributed by atoms with Gasteiger partial charge in [-0.2, -0.15) is 9.78 Å². The summed E-state index contributed by atoms with van der Waals surface area (Å²) in [6, 6.07) is 0. The molecule has 1 aliphatic rings. The Kier molecular flexibility index (Phi) is 6.85. The minimum absolute atomic E-state index is 0.00722. The van der Waals surface area contributed by atoms with Gasteiger partial charge in [0.25, 0.3) is 5.79 Å². The van der Waals surface area contributed by atoms with Gasteiger partial charge in [0.1, 0.15) is 0 Å². The zero-order valence-electron chi connectivity index (χ0n) is 17.1. The van der Waals surface area contributed by atoms with Crippen LogP contribution in [0.15, 0.2) is 23.8 Å². The van der Waals surface area contributed by atoms with Gasteiger partial charge in [0, 0.05) is 5.92 Å². The molecule has 140 valence electrons. The fraction of sp³-hybridized carbons (Fsp3) is 0.800. The van der Waals surface area contributed by atoms with Gasteiger partial charge in [0.15, 0.2) is 0 Å². The average Bonchev–Trinajstić information content (AvgIpc) is 2.41. The Balaban J connectivity index is 3.22. The lowest BCUT2D eigenvalue weighted by atomic mass is 9.74. The van der Waals surface area contributed by atoms with Crippen molar-refractivity contribution in [3.05, 3.63) is 23.8 Å². The summed E-state index contributed by atoms with van der Waals surface area (Å²) in [7, 11) is 0. The molecule has 1 unspecified atom stereocenters. The second-order valence-corrected chi connectivity index (χ2v) is 9.18. The van der Waals surface area contributed by atoms with Crippen LogP contribution in [0.5, 0.6) is 0 Å². The Morgan fingerprint density at radius 1 is 0.875 bits per heavy atom. The summed E-state index contributed by atoms with van der Waals surface area (Å²) < 4.78 is 0. The molecule has 0 spiro atoms. The van der Waals surface area contributed by atoms with E-state index in [2.05, 4.69) is 33.8 Å². The molecule has 24 heavy (non-hydrogen) atoms. The van der Waals surface area contributed by atoms with Crippen LogP contribution < -0.4 is 0 Å². The lowest BCUT2D eigenvalue weighted by Gasteiger charge is -2.43. The van der Waals surface area contributed by atoms with E-state index in [-0.39, 0.29) is 11.8 Å². The molecular weight excluding hydrogens is 304 g/mol. The van der Waals surface area contributed by atoms with E-state index in [1.54, 1.807) is 0 Å². The van der Waals surface area contributed by atoms with Crippen LogP contribution in [0.2, 0.25) is 0 Å². The van der Waals surface area contributed by atoms with Gasteiger partial charge in [-0.15, -0.1) is 0 Å². The van der Waals surface area contributed by atoms with Gasteiger partial charge >= 0.3 is 0 Å². The van der Waals surface area contributed by atoms with E-state index in [0.717, 1.165) is 0 Å². The molecule has 1 atom stereocenters. The van der Waals surface area contributed by atoms with E-state index in [0.29, 0.717) is 5.92 Å². The van der Waals surface area contributed by atoms with Crippen LogP contribution in [0.25, 0.3) is 0 Å². The zero-order chi connectivity index (χ0) is 18.8. The van der Waals surface area contributed by atoms with Crippen molar-refractivity contribution in [2.24, 2.45) is 17.8 Å². The van der Waals surface area contributed by atoms with E-state index in [1.807, 2.05) is 53.7 Å². The van der Waals surface area contributed by atoms with Gasteiger partial charge in [-0.3, -0.25) is 0 Å². The Labute approximate surface area is 148 Å². The Bertz CT molecular complexity index is 443. The maximum Gasteiger partial charge on any atom is 0.259 e. The molecule has 4 heteroatoms. The molecule has 0 aromatic rings. The van der Waals surface area contributed by atoms with Crippen molar-refractivity contribution in [3.63, 3.8) is 0 Å². The maximum atomic E-state index is 5.91. The Hall–Kier alpha value is -0.680. The van der Waals surface area contributed by atoms with Crippen LogP contribution in [0, 0.1) is 17.8 Å². The highest BCUT2D eigenvalue weighted by Crippen LogP contribution is 2.43. The molecule has 0 fully saturated rings. The highest BCUT2D eigenvalue weighted by molar-refractivity contribution is 5.28. The molecule has 0 amide bonds. The third-order valence-corrected chi connectivity index (χ3v) is 3.59. The fourth-order valence-electron chi connectivity index (χ4n) is 2.69. The second kappa shape index (κ2) is 7.69. The Morgan fingerprint density at radius 3 is 1.67 bits per heavy atom. The standard InChI is InChI=1S/C20H36O4/c1-14(2)16-12-11-13-20(17(16)15(3)4,23-21-18(5,6)7)24-22-19(8,9)10/h11-15,17H,1-10H3. The first-order chi connectivity index (χ1) is 10.8. The van der Waals surface area contributed by atoms with E-state index in [9.17, 15) is 0 Å². The first-order valence-corrected chi connectivity index (χ1v) is 8.90. The van der Waals surface area contributed by atoms with Crippen LogP contribution in [0.1, 0.15) is 69.2 Å². The second-order valence-electron chi connectivity index (χ2n) is 9.18. The smallest absolute Gasteiger partial charge is 0.227 e. The van der Waals surface area contributed by atoms with Crippen LogP contribution in [0.4, 0.5) is 0 Å². The molecule has 1 aliphatic carbocycles. The van der Waals surface area contributed by atoms with E-state index < -0.39 is 17.0 Å². The van der Waals surface area contributed by atoms with Crippen molar-refractivity contribution in [3.8, 4) is 0 Å². The van der Waals surface area contributed by atoms with Crippen LogP contribution >= 0.6 is 0 Å². The van der Waals surface area contributed by atoms with Crippen molar-refractivity contribution in [1.29, 1.82) is 0 Å². The molecule has 0 radical (unpaired) electrons. The van der Waals surface area contributed by atoms with Gasteiger partial charge in [0.2, 0.25) is 0 Å². The SMILES string of the molecule is CC(C)C1=CC=CC(OOC(C)(C)C)(OOC(C)(C)C)C1C(C)C. The van der Waals surface area contributed by atoms with E-state index >= 15 is 0 Å². The summed E-state index contributed by atoms with van der Waals surface area (Å²) in [6.45, 7) is 20.4. The normalized spacial score (nSPS) is 21.5. The van der Waals surface area contributed by atoms with E-state index in [4.69, 9.17) is 19.6 Å². The van der Waals surface area contributed by atoms with Gasteiger partial charge in [0.05, 0.1) is 11.2 Å². The molecule has 0 N–H and O–H groups in total. The number of hydrogen-bond acceptors (Lipinski definition) is 4. The van der Waals surface area contributed by atoms with Crippen LogP contribution in [0.3, 0.4) is 0 Å². The molecule has 0 heterocycles. The highest BCUT2D eigenvalue weighted by atomic mass is 17.3. The highest BCUT2D eigenvalue weighted by Gasteiger charge is 2.49. The van der Waals surface area contributed by atoms with Crippen molar-refractivity contribution in [2.45, 2.75) is 86.2 Å². The quantitative estimate of drug-likeness (QED) is 0.358. The summed E-state index contributed by atoms with van der Waals surface area (Å²) >= 11 is 0. The van der Waals surface area contributed by atoms with Crippen molar-refractivity contribution in [2.75, 3.05) is 0 Å². The molecule has 0 saturated heterocycles. The lowest BCUT2D eigenvalue weighted by Crippen LogP contribution is -2.49. The minimum atomic E-state index is -1.11. The summed E-state index contributed by atoms with van der Waals surface area (Å²) in [5, 5.41) is 0. The molecule has 1 rings (SSSR count). The molecule has 0 saturated carbocycles. The van der Waals surface area contributed by atoms with Crippen molar-refractivity contribution in [1.82, 2.24) is 0 Å². The summed E-state index contributed by atoms with van der Waals surface area (Å²) in [4.78, 5) is 23.1. The maximum absolute atomic E-state index is 5.91. The van der Waals surface area contributed by atoms with Gasteiger partial charge < -0.3 is 0 Å².